The lowest BCUT2D eigenvalue weighted by Gasteiger charge is -2.15. The zero-order valence-electron chi connectivity index (χ0n) is 20.3. The third-order valence-electron chi connectivity index (χ3n) is 5.13. The van der Waals surface area contributed by atoms with Crippen LogP contribution in [-0.4, -0.2) is 54.4 Å². The summed E-state index contributed by atoms with van der Waals surface area (Å²) in [5, 5.41) is 18.8. The van der Waals surface area contributed by atoms with Gasteiger partial charge < -0.3 is 10.2 Å². The minimum absolute atomic E-state index is 0.148. The Kier molecular flexibility index (Phi) is 9.02. The predicted octanol–water partition coefficient (Wildman–Crippen LogP) is 6.44. The van der Waals surface area contributed by atoms with Gasteiger partial charge in [-0.25, -0.2) is 28.7 Å². The number of rotatable bonds is 3. The van der Waals surface area contributed by atoms with Gasteiger partial charge in [-0.2, -0.15) is 10.2 Å². The Hall–Kier alpha value is -4.13. The molecule has 0 saturated heterocycles. The van der Waals surface area contributed by atoms with Gasteiger partial charge in [0, 0.05) is 37.3 Å². The van der Waals surface area contributed by atoms with Gasteiger partial charge in [-0.1, -0.05) is 11.6 Å². The van der Waals surface area contributed by atoms with Crippen molar-refractivity contribution in [2.75, 3.05) is 24.3 Å². The van der Waals surface area contributed by atoms with Gasteiger partial charge in [0.15, 0.2) is 11.6 Å². The zero-order valence-corrected chi connectivity index (χ0v) is 22.6. The van der Waals surface area contributed by atoms with E-state index in [9.17, 15) is 8.78 Å². The van der Waals surface area contributed by atoms with Crippen LogP contribution < -0.4 is 10.2 Å². The quantitative estimate of drug-likeness (QED) is 0.159. The molecule has 0 aliphatic carbocycles. The normalized spacial score (nSPS) is 10.4. The molecule has 0 spiro atoms. The Morgan fingerprint density at radius 2 is 1.36 bits per heavy atom. The summed E-state index contributed by atoms with van der Waals surface area (Å²) in [6, 6.07) is 12.2. The van der Waals surface area contributed by atoms with Crippen LogP contribution in [0.15, 0.2) is 60.9 Å². The van der Waals surface area contributed by atoms with Crippen molar-refractivity contribution in [1.29, 1.82) is 0 Å². The van der Waals surface area contributed by atoms with Crippen LogP contribution >= 0.6 is 34.8 Å². The molecule has 6 rings (SSSR count). The van der Waals surface area contributed by atoms with E-state index in [0.29, 0.717) is 28.0 Å². The average molecular weight is 592 g/mol. The standard InChI is InChI=1S/C12H9ClFN5.C8H8FN3.C4H2Cl2N2/c1-19(10-4-5-15-12(13)16-10)11-8-6-7(14)2-3-9(8)17-18-11;1-10-8-6-4-5(9)2-3-7(6)11-12-8;5-3-1-2-7-4(6)8-3/h2-6H,1H3,(H,17,18);2-4H,1H3,(H2,10,11,12);1-2H. The summed E-state index contributed by atoms with van der Waals surface area (Å²) in [4.78, 5) is 16.8. The van der Waals surface area contributed by atoms with Gasteiger partial charge in [-0.05, 0) is 71.7 Å². The average Bonchev–Trinajstić information content (AvgIpc) is 3.52. The van der Waals surface area contributed by atoms with E-state index in [4.69, 9.17) is 34.8 Å². The molecule has 6 aromatic rings. The highest BCUT2D eigenvalue weighted by Crippen LogP contribution is 2.28. The Morgan fingerprint density at radius 3 is 1.95 bits per heavy atom. The van der Waals surface area contributed by atoms with E-state index in [2.05, 4.69) is 45.6 Å². The summed E-state index contributed by atoms with van der Waals surface area (Å²) in [6.45, 7) is 0. The summed E-state index contributed by atoms with van der Waals surface area (Å²) >= 11 is 16.5. The number of halogens is 5. The van der Waals surface area contributed by atoms with Gasteiger partial charge in [0.1, 0.15) is 22.6 Å². The number of H-pyrrole nitrogens is 2. The van der Waals surface area contributed by atoms with E-state index in [1.165, 1.54) is 30.5 Å². The number of nitrogens with one attached hydrogen (secondary N) is 3. The summed E-state index contributed by atoms with van der Waals surface area (Å²) in [7, 11) is 3.53. The molecule has 2 aromatic carbocycles. The maximum absolute atomic E-state index is 13.3. The second-order valence-electron chi connectivity index (χ2n) is 7.64. The maximum Gasteiger partial charge on any atom is 0.224 e. The number of anilines is 3. The first kappa shape index (κ1) is 27.9. The minimum Gasteiger partial charge on any atom is -0.371 e. The molecule has 4 aromatic heterocycles. The topological polar surface area (TPSA) is 124 Å². The molecular weight excluding hydrogens is 573 g/mol. The van der Waals surface area contributed by atoms with Crippen LogP contribution in [0.3, 0.4) is 0 Å². The molecule has 4 heterocycles. The van der Waals surface area contributed by atoms with Gasteiger partial charge >= 0.3 is 0 Å². The van der Waals surface area contributed by atoms with Crippen LogP contribution in [0, 0.1) is 11.6 Å². The van der Waals surface area contributed by atoms with E-state index in [0.717, 1.165) is 16.4 Å². The van der Waals surface area contributed by atoms with Crippen molar-refractivity contribution >= 4 is 74.1 Å². The van der Waals surface area contributed by atoms with Crippen LogP contribution in [0.5, 0.6) is 0 Å². The molecule has 0 fully saturated rings. The lowest BCUT2D eigenvalue weighted by atomic mass is 10.2. The summed E-state index contributed by atoms with van der Waals surface area (Å²) in [6.07, 6.45) is 3.05. The highest BCUT2D eigenvalue weighted by atomic mass is 35.5. The smallest absolute Gasteiger partial charge is 0.224 e. The number of fused-ring (bicyclic) bond motifs is 2. The lowest BCUT2D eigenvalue weighted by Crippen LogP contribution is -2.12. The molecule has 0 aliphatic heterocycles. The lowest BCUT2D eigenvalue weighted by molar-refractivity contribution is 0.629. The third kappa shape index (κ3) is 7.05. The van der Waals surface area contributed by atoms with Crippen LogP contribution in [0.4, 0.5) is 26.2 Å². The highest BCUT2D eigenvalue weighted by Gasteiger charge is 2.14. The molecule has 0 aliphatic rings. The third-order valence-corrected chi connectivity index (χ3v) is 5.71. The Morgan fingerprint density at radius 1 is 0.769 bits per heavy atom. The van der Waals surface area contributed by atoms with Crippen LogP contribution in [0.25, 0.3) is 21.8 Å². The molecule has 0 atom stereocenters. The van der Waals surface area contributed by atoms with Gasteiger partial charge in [-0.15, -0.1) is 0 Å². The summed E-state index contributed by atoms with van der Waals surface area (Å²) < 4.78 is 26.1. The Bertz CT molecular complexity index is 1690. The monoisotopic (exact) mass is 590 g/mol. The summed E-state index contributed by atoms with van der Waals surface area (Å²) in [5.41, 5.74) is 1.59. The number of benzene rings is 2. The molecule has 15 heteroatoms. The molecule has 0 radical (unpaired) electrons. The van der Waals surface area contributed by atoms with Crippen molar-refractivity contribution in [2.45, 2.75) is 0 Å². The second kappa shape index (κ2) is 12.6. The van der Waals surface area contributed by atoms with E-state index in [-0.39, 0.29) is 22.2 Å². The van der Waals surface area contributed by atoms with Crippen molar-refractivity contribution < 1.29 is 8.78 Å². The van der Waals surface area contributed by atoms with Crippen molar-refractivity contribution in [2.24, 2.45) is 0 Å². The van der Waals surface area contributed by atoms with E-state index in [1.54, 1.807) is 49.5 Å². The first-order valence-corrected chi connectivity index (χ1v) is 12.2. The number of hydrogen-bond donors (Lipinski definition) is 3. The number of aromatic amines is 2. The van der Waals surface area contributed by atoms with Crippen LogP contribution in [0.1, 0.15) is 0 Å². The largest absolute Gasteiger partial charge is 0.371 e. The summed E-state index contributed by atoms with van der Waals surface area (Å²) in [5.74, 6) is 1.26. The van der Waals surface area contributed by atoms with Gasteiger partial charge in [0.25, 0.3) is 0 Å². The van der Waals surface area contributed by atoms with Crippen molar-refractivity contribution in [1.82, 2.24) is 40.3 Å². The number of aromatic nitrogens is 8. The predicted molar refractivity (Wildman–Crippen MR) is 149 cm³/mol. The molecule has 0 amide bonds. The van der Waals surface area contributed by atoms with Crippen LogP contribution in [0.2, 0.25) is 15.7 Å². The Balaban J connectivity index is 0.000000150. The van der Waals surface area contributed by atoms with E-state index >= 15 is 0 Å². The fourth-order valence-electron chi connectivity index (χ4n) is 3.34. The molecule has 0 saturated carbocycles. The maximum atomic E-state index is 13.3. The molecular formula is C24H19Cl3F2N10. The molecule has 3 N–H and O–H groups in total. The fourth-order valence-corrected chi connectivity index (χ4v) is 3.81. The van der Waals surface area contributed by atoms with E-state index in [1.807, 2.05) is 0 Å². The first-order chi connectivity index (χ1) is 18.7. The second-order valence-corrected chi connectivity index (χ2v) is 8.70. The highest BCUT2D eigenvalue weighted by molar-refractivity contribution is 6.31. The van der Waals surface area contributed by atoms with Gasteiger partial charge in [-0.3, -0.25) is 10.2 Å². The van der Waals surface area contributed by atoms with Crippen molar-refractivity contribution in [3.63, 3.8) is 0 Å². The van der Waals surface area contributed by atoms with Crippen molar-refractivity contribution in [3.8, 4) is 0 Å². The SMILES string of the molecule is CN(c1ccnc(Cl)n1)c1n[nH]c2ccc(F)cc12.CNc1n[nH]c2ccc(F)cc12.Clc1ccnc(Cl)n1. The molecule has 10 nitrogen and oxygen atoms in total. The Labute approximate surface area is 235 Å². The van der Waals surface area contributed by atoms with Gasteiger partial charge in [0.05, 0.1) is 11.0 Å². The molecule has 39 heavy (non-hydrogen) atoms. The number of hydrogen-bond acceptors (Lipinski definition) is 8. The molecule has 200 valence electrons. The first-order valence-electron chi connectivity index (χ1n) is 11.1. The molecule has 0 unspecified atom stereocenters. The van der Waals surface area contributed by atoms with Gasteiger partial charge in [0.2, 0.25) is 10.6 Å². The van der Waals surface area contributed by atoms with Crippen LogP contribution in [-0.2, 0) is 0 Å². The zero-order chi connectivity index (χ0) is 27.9. The van der Waals surface area contributed by atoms with Crippen molar-refractivity contribution in [3.05, 3.63) is 88.3 Å². The fraction of sp³-hybridized carbons (Fsp3) is 0.0833. The number of nitrogens with zero attached hydrogens (tertiary/aromatic N) is 7. The molecule has 0 bridgehead atoms. The van der Waals surface area contributed by atoms with E-state index < -0.39 is 0 Å². The minimum atomic E-state index is -0.315.